The smallest absolute Gasteiger partial charge is 0.419 e. The number of aryl methyl sites for hydroxylation is 1. The summed E-state index contributed by atoms with van der Waals surface area (Å²) in [6, 6.07) is 9.97. The zero-order chi connectivity index (χ0) is 23.5. The van der Waals surface area contributed by atoms with E-state index in [-0.39, 0.29) is 16.4 Å². The second-order valence-corrected chi connectivity index (χ2v) is 9.52. The second-order valence-electron chi connectivity index (χ2n) is 7.81. The molecule has 32 heavy (non-hydrogen) atoms. The second kappa shape index (κ2) is 9.58. The molecule has 0 fully saturated rings. The molecule has 0 saturated heterocycles. The van der Waals surface area contributed by atoms with Gasteiger partial charge in [-0.05, 0) is 55.7 Å². The zero-order valence-electron chi connectivity index (χ0n) is 18.4. The van der Waals surface area contributed by atoms with Crippen molar-refractivity contribution in [1.29, 1.82) is 0 Å². The van der Waals surface area contributed by atoms with Crippen molar-refractivity contribution in [2.75, 3.05) is 11.9 Å². The van der Waals surface area contributed by atoms with Crippen LogP contribution in [0.4, 0.5) is 5.69 Å². The molecule has 9 nitrogen and oxygen atoms in total. The van der Waals surface area contributed by atoms with Gasteiger partial charge in [-0.2, -0.15) is 4.72 Å². The van der Waals surface area contributed by atoms with Crippen molar-refractivity contribution in [3.63, 3.8) is 0 Å². The number of amides is 1. The summed E-state index contributed by atoms with van der Waals surface area (Å²) in [5, 5.41) is 2.75. The summed E-state index contributed by atoms with van der Waals surface area (Å²) in [5.41, 5.74) is 1.15. The minimum Gasteiger partial charge on any atom is -0.494 e. The van der Waals surface area contributed by atoms with Crippen LogP contribution < -0.4 is 20.5 Å². The third-order valence-electron chi connectivity index (χ3n) is 4.83. The minimum absolute atomic E-state index is 0.0587. The van der Waals surface area contributed by atoms with Gasteiger partial charge in [0.25, 0.3) is 0 Å². The Bertz CT molecular complexity index is 1260. The molecule has 2 N–H and O–H groups in total. The Morgan fingerprint density at radius 3 is 2.47 bits per heavy atom. The Hall–Kier alpha value is -3.11. The summed E-state index contributed by atoms with van der Waals surface area (Å²) < 4.78 is 40.2. The first-order valence-corrected chi connectivity index (χ1v) is 11.7. The number of nitrogens with zero attached hydrogens (tertiary/aromatic N) is 1. The summed E-state index contributed by atoms with van der Waals surface area (Å²) in [5.74, 6) is -0.329. The fourth-order valence-electron chi connectivity index (χ4n) is 3.25. The highest BCUT2D eigenvalue weighted by Crippen LogP contribution is 2.20. The summed E-state index contributed by atoms with van der Waals surface area (Å²) in [7, 11) is -2.52. The molecule has 1 heterocycles. The molecule has 10 heteroatoms. The van der Waals surface area contributed by atoms with Gasteiger partial charge in [-0.25, -0.2) is 13.2 Å². The van der Waals surface area contributed by atoms with Crippen LogP contribution in [-0.2, 0) is 21.9 Å². The molecule has 172 valence electrons. The van der Waals surface area contributed by atoms with E-state index in [0.717, 1.165) is 0 Å². The van der Waals surface area contributed by atoms with E-state index in [4.69, 9.17) is 9.15 Å². The molecule has 0 aliphatic heterocycles. The third kappa shape index (κ3) is 5.38. The predicted octanol–water partition coefficient (Wildman–Crippen LogP) is 2.86. The van der Waals surface area contributed by atoms with Gasteiger partial charge in [0.05, 0.1) is 17.0 Å². The van der Waals surface area contributed by atoms with E-state index in [2.05, 4.69) is 10.0 Å². The van der Waals surface area contributed by atoms with Crippen LogP contribution in [0.2, 0.25) is 0 Å². The Labute approximate surface area is 186 Å². The van der Waals surface area contributed by atoms with Crippen molar-refractivity contribution in [1.82, 2.24) is 9.29 Å². The van der Waals surface area contributed by atoms with Gasteiger partial charge < -0.3 is 14.5 Å². The van der Waals surface area contributed by atoms with Crippen molar-refractivity contribution in [3.05, 3.63) is 53.0 Å². The molecular weight excluding hydrogens is 434 g/mol. The van der Waals surface area contributed by atoms with Crippen LogP contribution in [0.3, 0.4) is 0 Å². The fraction of sp³-hybridized carbons (Fsp3) is 0.364. The first kappa shape index (κ1) is 23.6. The molecule has 3 rings (SSSR count). The van der Waals surface area contributed by atoms with E-state index < -0.39 is 27.7 Å². The minimum atomic E-state index is -4.05. The number of hydrogen-bond donors (Lipinski definition) is 2. The van der Waals surface area contributed by atoms with E-state index in [0.29, 0.717) is 30.0 Å². The van der Waals surface area contributed by atoms with E-state index in [1.165, 1.54) is 29.8 Å². The maximum atomic E-state index is 13.0. The quantitative estimate of drug-likeness (QED) is 0.506. The number of carbonyl (C=O) groups is 1. The molecule has 2 aromatic carbocycles. The average Bonchev–Trinajstić information content (AvgIpc) is 3.02. The lowest BCUT2D eigenvalue weighted by Gasteiger charge is -2.20. The SMILES string of the molecule is CCOc1ccc(NC(=O)[C@@H](CC(C)C)NS(=O)(=O)c2ccc3c(c2)oc(=O)n3C)cc1. The number of oxazole rings is 1. The van der Waals surface area contributed by atoms with Crippen LogP contribution in [0.15, 0.2) is 56.6 Å². The van der Waals surface area contributed by atoms with Crippen LogP contribution in [-0.4, -0.2) is 31.5 Å². The number of sulfonamides is 1. The maximum Gasteiger partial charge on any atom is 0.419 e. The molecule has 0 unspecified atom stereocenters. The predicted molar refractivity (Wildman–Crippen MR) is 121 cm³/mol. The van der Waals surface area contributed by atoms with Crippen molar-refractivity contribution in [2.24, 2.45) is 13.0 Å². The normalized spacial score (nSPS) is 12.8. The molecule has 0 bridgehead atoms. The van der Waals surface area contributed by atoms with Gasteiger partial charge in [0.1, 0.15) is 11.8 Å². The van der Waals surface area contributed by atoms with Crippen molar-refractivity contribution in [2.45, 2.75) is 38.1 Å². The Kier molecular flexibility index (Phi) is 7.05. The van der Waals surface area contributed by atoms with Gasteiger partial charge in [0.2, 0.25) is 15.9 Å². The number of ether oxygens (including phenoxy) is 1. The van der Waals surface area contributed by atoms with E-state index in [1.807, 2.05) is 20.8 Å². The summed E-state index contributed by atoms with van der Waals surface area (Å²) in [4.78, 5) is 24.5. The number of benzene rings is 2. The van der Waals surface area contributed by atoms with Crippen LogP contribution in [0.1, 0.15) is 27.2 Å². The summed E-state index contributed by atoms with van der Waals surface area (Å²) in [6.07, 6.45) is 0.296. The highest BCUT2D eigenvalue weighted by molar-refractivity contribution is 7.89. The Balaban J connectivity index is 1.82. The lowest BCUT2D eigenvalue weighted by molar-refractivity contribution is -0.118. The van der Waals surface area contributed by atoms with Crippen molar-refractivity contribution in [3.8, 4) is 5.75 Å². The van der Waals surface area contributed by atoms with E-state index in [1.54, 1.807) is 24.3 Å². The molecule has 0 aliphatic rings. The van der Waals surface area contributed by atoms with Gasteiger partial charge in [-0.1, -0.05) is 13.8 Å². The van der Waals surface area contributed by atoms with Crippen LogP contribution >= 0.6 is 0 Å². The van der Waals surface area contributed by atoms with Gasteiger partial charge in [0, 0.05) is 18.8 Å². The summed E-state index contributed by atoms with van der Waals surface area (Å²) >= 11 is 0. The maximum absolute atomic E-state index is 13.0. The molecule has 0 saturated carbocycles. The highest BCUT2D eigenvalue weighted by Gasteiger charge is 2.27. The van der Waals surface area contributed by atoms with Crippen LogP contribution in [0.5, 0.6) is 5.75 Å². The monoisotopic (exact) mass is 461 g/mol. The van der Waals surface area contributed by atoms with Crippen LogP contribution in [0, 0.1) is 5.92 Å². The van der Waals surface area contributed by atoms with Gasteiger partial charge in [0.15, 0.2) is 5.58 Å². The number of rotatable bonds is 9. The largest absolute Gasteiger partial charge is 0.494 e. The first-order chi connectivity index (χ1) is 15.1. The van der Waals surface area contributed by atoms with Gasteiger partial charge in [-0.15, -0.1) is 0 Å². The third-order valence-corrected chi connectivity index (χ3v) is 6.30. The average molecular weight is 462 g/mol. The molecular formula is C22H27N3O6S. The Morgan fingerprint density at radius 1 is 1.16 bits per heavy atom. The van der Waals surface area contributed by atoms with Crippen molar-refractivity contribution >= 4 is 32.7 Å². The summed E-state index contributed by atoms with van der Waals surface area (Å²) in [6.45, 7) is 6.20. The number of carbonyl (C=O) groups excluding carboxylic acids is 1. The topological polar surface area (TPSA) is 120 Å². The molecule has 0 spiro atoms. The number of fused-ring (bicyclic) bond motifs is 1. The molecule has 0 aliphatic carbocycles. The molecule has 1 amide bonds. The molecule has 0 radical (unpaired) electrons. The molecule has 3 aromatic rings. The number of hydrogen-bond acceptors (Lipinski definition) is 6. The first-order valence-electron chi connectivity index (χ1n) is 10.3. The molecule has 1 aromatic heterocycles. The zero-order valence-corrected chi connectivity index (χ0v) is 19.2. The standard InChI is InChI=1S/C22H27N3O6S/c1-5-30-16-8-6-15(7-9-16)23-21(26)18(12-14(2)3)24-32(28,29)17-10-11-19-20(13-17)31-22(27)25(19)4/h6-11,13-14,18,24H,5,12H2,1-4H3,(H,23,26)/t18-/m1/s1. The Morgan fingerprint density at radius 2 is 1.84 bits per heavy atom. The van der Waals surface area contributed by atoms with E-state index in [9.17, 15) is 18.0 Å². The number of nitrogens with one attached hydrogen (secondary N) is 2. The highest BCUT2D eigenvalue weighted by atomic mass is 32.2. The lowest BCUT2D eigenvalue weighted by Crippen LogP contribution is -2.44. The van der Waals surface area contributed by atoms with Gasteiger partial charge >= 0.3 is 5.76 Å². The van der Waals surface area contributed by atoms with E-state index >= 15 is 0 Å². The van der Waals surface area contributed by atoms with Crippen LogP contribution in [0.25, 0.3) is 11.1 Å². The van der Waals surface area contributed by atoms with Gasteiger partial charge in [-0.3, -0.25) is 9.36 Å². The number of aromatic nitrogens is 1. The molecule has 1 atom stereocenters. The fourth-order valence-corrected chi connectivity index (χ4v) is 4.47. The number of anilines is 1. The lowest BCUT2D eigenvalue weighted by atomic mass is 10.0. The van der Waals surface area contributed by atoms with Crippen molar-refractivity contribution < 1.29 is 22.4 Å².